The fourth-order valence-electron chi connectivity index (χ4n) is 8.68. The van der Waals surface area contributed by atoms with Crippen LogP contribution in [-0.4, -0.2) is 9.13 Å². The summed E-state index contributed by atoms with van der Waals surface area (Å²) in [4.78, 5) is 5.78. The first-order valence-electron chi connectivity index (χ1n) is 20.1. The third-order valence-electron chi connectivity index (χ3n) is 11.6. The number of hydrogen-bond acceptors (Lipinski definition) is 2. The van der Waals surface area contributed by atoms with Crippen LogP contribution in [0.1, 0.15) is 101 Å². The van der Waals surface area contributed by atoms with Crippen LogP contribution in [0, 0.1) is 0 Å². The largest absolute Gasteiger partial charge is 0.342 e. The van der Waals surface area contributed by atoms with Crippen LogP contribution in [0.4, 0.5) is 0 Å². The van der Waals surface area contributed by atoms with E-state index in [2.05, 4.69) is 122 Å². The zero-order valence-electron chi connectivity index (χ0n) is 31.7. The number of rotatable bonds is 16. The molecule has 8 rings (SSSR count). The van der Waals surface area contributed by atoms with Gasteiger partial charge >= 0.3 is 0 Å². The molecule has 0 fully saturated rings. The minimum Gasteiger partial charge on any atom is -0.342 e. The van der Waals surface area contributed by atoms with Gasteiger partial charge in [0.1, 0.15) is 0 Å². The lowest BCUT2D eigenvalue weighted by Gasteiger charge is -2.12. The highest BCUT2D eigenvalue weighted by Gasteiger charge is 2.17. The highest BCUT2D eigenvalue weighted by Crippen LogP contribution is 2.41. The minimum atomic E-state index is 1.20. The van der Waals surface area contributed by atoms with Gasteiger partial charge in [-0.2, -0.15) is 0 Å². The number of aromatic nitrogens is 2. The van der Waals surface area contributed by atoms with Gasteiger partial charge in [0, 0.05) is 45.4 Å². The molecular weight excluding hydrogens is 669 g/mol. The second-order valence-corrected chi connectivity index (χ2v) is 17.5. The number of thiophene rings is 2. The lowest BCUT2D eigenvalue weighted by Crippen LogP contribution is -1.92. The van der Waals surface area contributed by atoms with E-state index >= 15 is 0 Å². The molecule has 4 aromatic carbocycles. The van der Waals surface area contributed by atoms with E-state index in [4.69, 9.17) is 0 Å². The average molecular weight is 723 g/mol. The smallest absolute Gasteiger partial charge is 0.0590 e. The molecule has 0 aliphatic heterocycles. The summed E-state index contributed by atoms with van der Waals surface area (Å²) in [7, 11) is 4.51. The van der Waals surface area contributed by atoms with Crippen LogP contribution in [0.15, 0.2) is 84.9 Å². The summed E-state index contributed by atoms with van der Waals surface area (Å²) in [5.74, 6) is 0. The summed E-state index contributed by atoms with van der Waals surface area (Å²) in [5, 5.41) is 10.6. The molecule has 0 saturated heterocycles. The normalized spacial score (nSPS) is 12.2. The third kappa shape index (κ3) is 6.74. The van der Waals surface area contributed by atoms with E-state index in [1.165, 1.54) is 175 Å². The van der Waals surface area contributed by atoms with Crippen LogP contribution in [0.25, 0.3) is 75.3 Å². The summed E-state index contributed by atoms with van der Waals surface area (Å²) in [6.07, 6.45) is 18.6. The highest BCUT2D eigenvalue weighted by atomic mass is 32.1. The van der Waals surface area contributed by atoms with Gasteiger partial charge in [-0.3, -0.25) is 0 Å². The number of aryl methyl sites for hydroxylation is 4. The maximum absolute atomic E-state index is 2.43. The van der Waals surface area contributed by atoms with Gasteiger partial charge in [0.2, 0.25) is 0 Å². The van der Waals surface area contributed by atoms with Crippen molar-refractivity contribution < 1.29 is 0 Å². The maximum Gasteiger partial charge on any atom is 0.0590 e. The van der Waals surface area contributed by atoms with Crippen LogP contribution in [0.2, 0.25) is 0 Å². The predicted octanol–water partition coefficient (Wildman–Crippen LogP) is 15.4. The van der Waals surface area contributed by atoms with Crippen molar-refractivity contribution in [3.8, 4) is 21.1 Å². The van der Waals surface area contributed by atoms with Crippen molar-refractivity contribution in [2.45, 2.75) is 104 Å². The van der Waals surface area contributed by atoms with Gasteiger partial charge in [0.15, 0.2) is 0 Å². The molecule has 0 N–H and O–H groups in total. The van der Waals surface area contributed by atoms with Gasteiger partial charge in [-0.05, 0) is 83.6 Å². The van der Waals surface area contributed by atoms with Crippen molar-refractivity contribution in [1.82, 2.24) is 9.13 Å². The standard InChI is InChI=1S/C48H54N2S2/c1-5-7-9-11-13-15-17-35-21-29-45(51-35)43-31-33-19-23-39-37-26-28-42-40(38(37)25-27-41(39)47(33)49(43)3)24-20-34-32-44(50(4)48(34)42)46-30-22-36(52-46)18-16-14-12-10-8-6-2/h19-32H,5-18H2,1-4H3. The Morgan fingerprint density at radius 1 is 0.404 bits per heavy atom. The molecule has 0 bridgehead atoms. The van der Waals surface area contributed by atoms with E-state index < -0.39 is 0 Å². The van der Waals surface area contributed by atoms with Crippen LogP contribution in [0.3, 0.4) is 0 Å². The molecule has 0 unspecified atom stereocenters. The lowest BCUT2D eigenvalue weighted by molar-refractivity contribution is 0.609. The molecule has 8 aromatic rings. The molecule has 4 heteroatoms. The molecule has 268 valence electrons. The minimum absolute atomic E-state index is 1.20. The van der Waals surface area contributed by atoms with E-state index in [-0.39, 0.29) is 0 Å². The molecule has 4 aromatic heterocycles. The van der Waals surface area contributed by atoms with E-state index in [9.17, 15) is 0 Å². The van der Waals surface area contributed by atoms with E-state index in [0.29, 0.717) is 0 Å². The van der Waals surface area contributed by atoms with Crippen molar-refractivity contribution >= 4 is 76.8 Å². The first-order valence-corrected chi connectivity index (χ1v) is 21.7. The van der Waals surface area contributed by atoms with Gasteiger partial charge < -0.3 is 9.13 Å². The maximum atomic E-state index is 2.43. The fraction of sp³-hybridized carbons (Fsp3) is 0.375. The Bertz CT molecular complexity index is 2310. The molecule has 0 spiro atoms. The fourth-order valence-corrected chi connectivity index (χ4v) is 10.9. The number of unbranched alkanes of at least 4 members (excludes halogenated alkanes) is 10. The van der Waals surface area contributed by atoms with Crippen molar-refractivity contribution in [3.05, 3.63) is 94.7 Å². The molecule has 0 atom stereocenters. The number of fused-ring (bicyclic) bond motifs is 9. The topological polar surface area (TPSA) is 9.86 Å². The Morgan fingerprint density at radius 3 is 1.21 bits per heavy atom. The van der Waals surface area contributed by atoms with Gasteiger partial charge in [0.05, 0.1) is 32.2 Å². The Kier molecular flexibility index (Phi) is 10.6. The Morgan fingerprint density at radius 2 is 0.769 bits per heavy atom. The van der Waals surface area contributed by atoms with Crippen molar-refractivity contribution in [1.29, 1.82) is 0 Å². The van der Waals surface area contributed by atoms with Gasteiger partial charge in [-0.15, -0.1) is 22.7 Å². The number of nitrogens with zero attached hydrogens (tertiary/aromatic N) is 2. The summed E-state index contributed by atoms with van der Waals surface area (Å²) >= 11 is 3.96. The van der Waals surface area contributed by atoms with Gasteiger partial charge in [-0.25, -0.2) is 0 Å². The highest BCUT2D eigenvalue weighted by molar-refractivity contribution is 7.15. The number of hydrogen-bond donors (Lipinski definition) is 0. The molecule has 4 heterocycles. The summed E-state index contributed by atoms with van der Waals surface area (Å²) in [6, 6.07) is 33.1. The second-order valence-electron chi connectivity index (χ2n) is 15.2. The van der Waals surface area contributed by atoms with E-state index in [0.717, 1.165) is 0 Å². The Hall–Kier alpha value is -3.86. The van der Waals surface area contributed by atoms with Crippen LogP contribution < -0.4 is 0 Å². The van der Waals surface area contributed by atoms with Crippen molar-refractivity contribution in [2.24, 2.45) is 14.1 Å². The first-order chi connectivity index (χ1) is 25.6. The van der Waals surface area contributed by atoms with Gasteiger partial charge in [-0.1, -0.05) is 127 Å². The number of benzene rings is 4. The first kappa shape index (κ1) is 35.2. The quantitative estimate of drug-likeness (QED) is 0.0694. The molecule has 52 heavy (non-hydrogen) atoms. The molecule has 0 radical (unpaired) electrons. The zero-order valence-corrected chi connectivity index (χ0v) is 33.3. The molecule has 0 amide bonds. The summed E-state index contributed by atoms with van der Waals surface area (Å²) in [6.45, 7) is 4.58. The Labute approximate surface area is 318 Å². The monoisotopic (exact) mass is 722 g/mol. The zero-order chi connectivity index (χ0) is 35.6. The molecule has 2 nitrogen and oxygen atoms in total. The van der Waals surface area contributed by atoms with Crippen molar-refractivity contribution in [3.63, 3.8) is 0 Å². The predicted molar refractivity (Wildman–Crippen MR) is 233 cm³/mol. The van der Waals surface area contributed by atoms with Crippen molar-refractivity contribution in [2.75, 3.05) is 0 Å². The van der Waals surface area contributed by atoms with E-state index in [1.807, 2.05) is 22.7 Å². The summed E-state index contributed by atoms with van der Waals surface area (Å²) < 4.78 is 4.87. The third-order valence-corrected chi connectivity index (χ3v) is 13.9. The van der Waals surface area contributed by atoms with Gasteiger partial charge in [0.25, 0.3) is 0 Å². The van der Waals surface area contributed by atoms with E-state index in [1.54, 1.807) is 0 Å². The van der Waals surface area contributed by atoms with Crippen LogP contribution >= 0.6 is 22.7 Å². The molecular formula is C48H54N2S2. The lowest BCUT2D eigenvalue weighted by atomic mass is 9.95. The van der Waals surface area contributed by atoms with Crippen LogP contribution in [-0.2, 0) is 26.9 Å². The average Bonchev–Trinajstić information content (AvgIpc) is 3.97. The summed E-state index contributed by atoms with van der Waals surface area (Å²) in [5.41, 5.74) is 5.30. The SMILES string of the molecule is CCCCCCCCc1ccc(-c2cc3ccc4c5ccc6c(ccc7cc(-c8ccc(CCCCCCCC)s8)n(C)c76)c5ccc4c3n2C)s1. The second kappa shape index (κ2) is 15.6. The molecule has 0 aliphatic carbocycles. The van der Waals surface area contributed by atoms with Crippen LogP contribution in [0.5, 0.6) is 0 Å². The Balaban J connectivity index is 1.08. The molecule has 0 saturated carbocycles. The molecule has 0 aliphatic rings.